The van der Waals surface area contributed by atoms with Crippen LogP contribution in [0.4, 0.5) is 11.5 Å². The van der Waals surface area contributed by atoms with Crippen LogP contribution in [0.25, 0.3) is 0 Å². The van der Waals surface area contributed by atoms with Gasteiger partial charge in [0, 0.05) is 23.9 Å². The minimum absolute atomic E-state index is 0.189. The average Bonchev–Trinajstić information content (AvgIpc) is 2.65. The molecule has 8 nitrogen and oxygen atoms in total. The number of carbonyl (C=O) groups excluding carboxylic acids is 3. The zero-order valence-corrected chi connectivity index (χ0v) is 15.0. The summed E-state index contributed by atoms with van der Waals surface area (Å²) in [4.78, 5) is 39.8. The molecule has 4 N–H and O–H groups in total. The Morgan fingerprint density at radius 3 is 2.74 bits per heavy atom. The fraction of sp³-hybridized carbons (Fsp3) is 0.263. The van der Waals surface area contributed by atoms with Crippen molar-refractivity contribution < 1.29 is 19.1 Å². The summed E-state index contributed by atoms with van der Waals surface area (Å²) in [6.07, 6.45) is 2.11. The van der Waals surface area contributed by atoms with E-state index in [1.165, 1.54) is 12.3 Å². The molecule has 0 aliphatic carbocycles. The summed E-state index contributed by atoms with van der Waals surface area (Å²) in [5.74, 6) is -0.789. The molecule has 0 bridgehead atoms. The number of pyridine rings is 1. The van der Waals surface area contributed by atoms with Crippen LogP contribution in [-0.4, -0.2) is 35.9 Å². The Labute approximate surface area is 157 Å². The number of hydrogen-bond acceptors (Lipinski definition) is 6. The number of benzene rings is 1. The van der Waals surface area contributed by atoms with Crippen molar-refractivity contribution in [1.82, 2.24) is 10.3 Å². The van der Waals surface area contributed by atoms with E-state index in [0.29, 0.717) is 35.7 Å². The average molecular weight is 370 g/mol. The van der Waals surface area contributed by atoms with Crippen molar-refractivity contribution in [1.29, 1.82) is 0 Å². The summed E-state index contributed by atoms with van der Waals surface area (Å²) in [6, 6.07) is 9.95. The van der Waals surface area contributed by atoms with Crippen molar-refractivity contribution in [3.05, 3.63) is 53.7 Å². The molecular weight excluding hydrogens is 348 g/mol. The summed E-state index contributed by atoms with van der Waals surface area (Å²) < 4.78 is 4.90. The van der Waals surface area contributed by atoms with Gasteiger partial charge in [0.25, 0.3) is 5.91 Å². The number of ether oxygens (including phenoxy) is 1. The molecule has 0 atom stereocenters. The van der Waals surface area contributed by atoms with Gasteiger partial charge < -0.3 is 21.1 Å². The van der Waals surface area contributed by atoms with Gasteiger partial charge in [0.15, 0.2) is 0 Å². The third kappa shape index (κ3) is 6.43. The topological polar surface area (TPSA) is 123 Å². The smallest absolute Gasteiger partial charge is 0.306 e. The quantitative estimate of drug-likeness (QED) is 0.478. The first-order valence-electron chi connectivity index (χ1n) is 8.52. The van der Waals surface area contributed by atoms with Crippen LogP contribution >= 0.6 is 0 Å². The number of nitrogens with zero attached hydrogens (tertiary/aromatic N) is 1. The van der Waals surface area contributed by atoms with Gasteiger partial charge in [0.2, 0.25) is 5.91 Å². The summed E-state index contributed by atoms with van der Waals surface area (Å²) in [5.41, 5.74) is 7.18. The number of nitrogens with two attached hydrogens (primary N) is 1. The molecule has 27 heavy (non-hydrogen) atoms. The lowest BCUT2D eigenvalue weighted by molar-refractivity contribution is -0.143. The standard InChI is InChI=1S/C19H22N4O4/c1-2-27-17(25)9-8-13-6-4-10-21-18(13)23-16(24)12-22-19(26)14-5-3-7-15(20)11-14/h3-7,10-11H,2,8-9,12,20H2,1H3,(H,22,26)(H,21,23,24). The molecule has 0 unspecified atom stereocenters. The van der Waals surface area contributed by atoms with E-state index in [2.05, 4.69) is 15.6 Å². The van der Waals surface area contributed by atoms with Crippen molar-refractivity contribution in [3.63, 3.8) is 0 Å². The van der Waals surface area contributed by atoms with Crippen LogP contribution in [0.3, 0.4) is 0 Å². The number of aryl methyl sites for hydroxylation is 1. The number of aromatic nitrogens is 1. The van der Waals surface area contributed by atoms with Crippen LogP contribution < -0.4 is 16.4 Å². The Morgan fingerprint density at radius 1 is 1.19 bits per heavy atom. The van der Waals surface area contributed by atoms with Gasteiger partial charge in [0.05, 0.1) is 13.2 Å². The third-order valence-electron chi connectivity index (χ3n) is 3.61. The maximum atomic E-state index is 12.1. The summed E-state index contributed by atoms with van der Waals surface area (Å²) >= 11 is 0. The number of nitrogen functional groups attached to an aromatic ring is 1. The Balaban J connectivity index is 1.90. The molecular formula is C19H22N4O4. The maximum absolute atomic E-state index is 12.1. The van der Waals surface area contributed by atoms with E-state index in [9.17, 15) is 14.4 Å². The summed E-state index contributed by atoms with van der Waals surface area (Å²) in [6.45, 7) is 1.84. The molecule has 2 amide bonds. The number of carbonyl (C=O) groups is 3. The van der Waals surface area contributed by atoms with Gasteiger partial charge in [-0.1, -0.05) is 12.1 Å². The predicted molar refractivity (Wildman–Crippen MR) is 101 cm³/mol. The highest BCUT2D eigenvalue weighted by Gasteiger charge is 2.12. The number of rotatable bonds is 8. The molecule has 1 heterocycles. The molecule has 0 saturated carbocycles. The predicted octanol–water partition coefficient (Wildman–Crippen LogP) is 1.53. The molecule has 0 radical (unpaired) electrons. The molecule has 0 aliphatic rings. The van der Waals surface area contributed by atoms with E-state index in [1.54, 1.807) is 37.3 Å². The second-order valence-electron chi connectivity index (χ2n) is 5.67. The largest absolute Gasteiger partial charge is 0.466 e. The number of nitrogens with one attached hydrogen (secondary N) is 2. The van der Waals surface area contributed by atoms with E-state index in [-0.39, 0.29) is 18.9 Å². The van der Waals surface area contributed by atoms with Crippen LogP contribution in [0.1, 0.15) is 29.3 Å². The van der Waals surface area contributed by atoms with Gasteiger partial charge in [-0.05, 0) is 43.2 Å². The lowest BCUT2D eigenvalue weighted by Gasteiger charge is -2.10. The van der Waals surface area contributed by atoms with Crippen molar-refractivity contribution in [2.45, 2.75) is 19.8 Å². The highest BCUT2D eigenvalue weighted by Crippen LogP contribution is 2.14. The summed E-state index contributed by atoms with van der Waals surface area (Å²) in [7, 11) is 0. The molecule has 2 aromatic rings. The van der Waals surface area contributed by atoms with E-state index in [1.807, 2.05) is 0 Å². The Kier molecular flexibility index (Phi) is 7.30. The van der Waals surface area contributed by atoms with E-state index in [0.717, 1.165) is 0 Å². The summed E-state index contributed by atoms with van der Waals surface area (Å²) in [5, 5.41) is 5.17. The van der Waals surface area contributed by atoms with E-state index in [4.69, 9.17) is 10.5 Å². The van der Waals surface area contributed by atoms with Crippen LogP contribution in [0.15, 0.2) is 42.6 Å². The van der Waals surface area contributed by atoms with Crippen molar-refractivity contribution in [2.75, 3.05) is 24.2 Å². The molecule has 2 rings (SSSR count). The highest BCUT2D eigenvalue weighted by atomic mass is 16.5. The Morgan fingerprint density at radius 2 is 2.00 bits per heavy atom. The monoisotopic (exact) mass is 370 g/mol. The SMILES string of the molecule is CCOC(=O)CCc1cccnc1NC(=O)CNC(=O)c1cccc(N)c1. The fourth-order valence-corrected chi connectivity index (χ4v) is 2.34. The van der Waals surface area contributed by atoms with Crippen molar-refractivity contribution >= 4 is 29.3 Å². The van der Waals surface area contributed by atoms with Gasteiger partial charge in [-0.15, -0.1) is 0 Å². The zero-order chi connectivity index (χ0) is 19.6. The van der Waals surface area contributed by atoms with Gasteiger partial charge in [0.1, 0.15) is 5.82 Å². The van der Waals surface area contributed by atoms with Crippen molar-refractivity contribution in [3.8, 4) is 0 Å². The lowest BCUT2D eigenvalue weighted by Crippen LogP contribution is -2.33. The van der Waals surface area contributed by atoms with Crippen LogP contribution in [0.5, 0.6) is 0 Å². The van der Waals surface area contributed by atoms with Gasteiger partial charge in [-0.2, -0.15) is 0 Å². The Bertz CT molecular complexity index is 823. The third-order valence-corrected chi connectivity index (χ3v) is 3.61. The second-order valence-corrected chi connectivity index (χ2v) is 5.67. The van der Waals surface area contributed by atoms with Crippen LogP contribution in [0.2, 0.25) is 0 Å². The first-order valence-corrected chi connectivity index (χ1v) is 8.52. The molecule has 1 aromatic carbocycles. The number of esters is 1. The molecule has 0 saturated heterocycles. The maximum Gasteiger partial charge on any atom is 0.306 e. The van der Waals surface area contributed by atoms with Crippen LogP contribution in [0, 0.1) is 0 Å². The first-order chi connectivity index (χ1) is 13.0. The lowest BCUT2D eigenvalue weighted by atomic mass is 10.1. The molecule has 0 fully saturated rings. The number of amides is 2. The second kappa shape index (κ2) is 9.91. The van der Waals surface area contributed by atoms with Gasteiger partial charge >= 0.3 is 5.97 Å². The Hall–Kier alpha value is -3.42. The van der Waals surface area contributed by atoms with E-state index < -0.39 is 11.8 Å². The number of anilines is 2. The molecule has 1 aromatic heterocycles. The molecule has 0 aliphatic heterocycles. The van der Waals surface area contributed by atoms with Gasteiger partial charge in [-0.3, -0.25) is 14.4 Å². The molecule has 0 spiro atoms. The minimum atomic E-state index is -0.427. The van der Waals surface area contributed by atoms with Gasteiger partial charge in [-0.25, -0.2) is 4.98 Å². The van der Waals surface area contributed by atoms with E-state index >= 15 is 0 Å². The molecule has 8 heteroatoms. The highest BCUT2D eigenvalue weighted by molar-refractivity contribution is 5.99. The minimum Gasteiger partial charge on any atom is -0.466 e. The first kappa shape index (κ1) is 19.9. The molecule has 142 valence electrons. The van der Waals surface area contributed by atoms with Crippen molar-refractivity contribution in [2.24, 2.45) is 0 Å². The normalized spacial score (nSPS) is 10.1. The van der Waals surface area contributed by atoms with Crippen LogP contribution in [-0.2, 0) is 20.7 Å². The number of hydrogen-bond donors (Lipinski definition) is 3. The zero-order valence-electron chi connectivity index (χ0n) is 15.0. The fourth-order valence-electron chi connectivity index (χ4n) is 2.34.